The number of hydrogen-bond donors (Lipinski definition) is 0. The highest BCUT2D eigenvalue weighted by Gasteiger charge is 2.26. The Morgan fingerprint density at radius 1 is 1.14 bits per heavy atom. The van der Waals surface area contributed by atoms with E-state index < -0.39 is 11.6 Å². The molecule has 0 saturated carbocycles. The van der Waals surface area contributed by atoms with Crippen molar-refractivity contribution in [2.75, 3.05) is 31.7 Å². The Balaban J connectivity index is 1.64. The fourth-order valence-corrected chi connectivity index (χ4v) is 4.22. The predicted octanol–water partition coefficient (Wildman–Crippen LogP) is 3.56. The van der Waals surface area contributed by atoms with Gasteiger partial charge in [-0.05, 0) is 30.7 Å². The zero-order valence-corrected chi connectivity index (χ0v) is 19.5. The second-order valence-corrected chi connectivity index (χ2v) is 8.31. The van der Waals surface area contributed by atoms with E-state index in [2.05, 4.69) is 9.97 Å². The van der Waals surface area contributed by atoms with Crippen molar-refractivity contribution in [2.24, 2.45) is 7.05 Å². The third-order valence-electron chi connectivity index (χ3n) is 6.19. The maximum absolute atomic E-state index is 14.8. The lowest BCUT2D eigenvalue weighted by atomic mass is 10.1. The van der Waals surface area contributed by atoms with E-state index in [1.165, 1.54) is 10.6 Å². The molecule has 0 radical (unpaired) electrons. The Labute approximate surface area is 199 Å². The number of ether oxygens (including phenoxy) is 2. The normalized spacial score (nSPS) is 16.0. The van der Waals surface area contributed by atoms with Crippen molar-refractivity contribution >= 4 is 16.7 Å². The fraction of sp³-hybridized carbons (Fsp3) is 0.280. The van der Waals surface area contributed by atoms with Crippen LogP contribution in [-0.4, -0.2) is 46.3 Å². The van der Waals surface area contributed by atoms with Crippen LogP contribution in [0.5, 0.6) is 5.88 Å². The van der Waals surface area contributed by atoms with Gasteiger partial charge in [-0.15, -0.1) is 0 Å². The summed E-state index contributed by atoms with van der Waals surface area (Å²) in [6.07, 6.45) is 1.38. The van der Waals surface area contributed by atoms with Gasteiger partial charge in [0.05, 0.1) is 30.3 Å². The number of morpholine rings is 1. The summed E-state index contributed by atoms with van der Waals surface area (Å²) in [4.78, 5) is 28.5. The molecule has 35 heavy (non-hydrogen) atoms. The van der Waals surface area contributed by atoms with Crippen molar-refractivity contribution in [2.45, 2.75) is 13.0 Å². The second kappa shape index (κ2) is 9.03. The number of fused-ring (bicyclic) bond motifs is 1. The number of pyridine rings is 2. The molecule has 0 unspecified atom stereocenters. The van der Waals surface area contributed by atoms with Gasteiger partial charge in [-0.2, -0.15) is 0 Å². The average Bonchev–Trinajstić information content (AvgIpc) is 2.87. The van der Waals surface area contributed by atoms with E-state index in [-0.39, 0.29) is 28.3 Å². The van der Waals surface area contributed by atoms with Gasteiger partial charge in [0.15, 0.2) is 0 Å². The van der Waals surface area contributed by atoms with Gasteiger partial charge in [-0.3, -0.25) is 9.36 Å². The molecule has 0 spiro atoms. The highest BCUT2D eigenvalue weighted by Crippen LogP contribution is 2.32. The summed E-state index contributed by atoms with van der Waals surface area (Å²) >= 11 is 0. The maximum Gasteiger partial charge on any atom is 0.263 e. The fourth-order valence-electron chi connectivity index (χ4n) is 4.22. The first kappa shape index (κ1) is 22.9. The van der Waals surface area contributed by atoms with Crippen molar-refractivity contribution in [1.82, 2.24) is 19.5 Å². The van der Waals surface area contributed by atoms with Gasteiger partial charge in [0.1, 0.15) is 29.4 Å². The number of aromatic nitrogens is 4. The topological polar surface area (TPSA) is 82.4 Å². The van der Waals surface area contributed by atoms with Gasteiger partial charge in [0.2, 0.25) is 5.88 Å². The minimum absolute atomic E-state index is 0.0321. The Bertz CT molecular complexity index is 1490. The smallest absolute Gasteiger partial charge is 0.263 e. The van der Waals surface area contributed by atoms with Gasteiger partial charge < -0.3 is 14.4 Å². The van der Waals surface area contributed by atoms with Gasteiger partial charge in [-0.1, -0.05) is 0 Å². The maximum atomic E-state index is 14.8. The molecule has 1 aliphatic rings. The van der Waals surface area contributed by atoms with Gasteiger partial charge in [0, 0.05) is 50.1 Å². The highest BCUT2D eigenvalue weighted by molar-refractivity contribution is 5.93. The molecule has 1 saturated heterocycles. The lowest BCUT2D eigenvalue weighted by Crippen LogP contribution is -2.39. The zero-order chi connectivity index (χ0) is 24.7. The minimum atomic E-state index is -0.803. The number of nitrogens with zero attached hydrogens (tertiary/aromatic N) is 5. The number of hydrogen-bond acceptors (Lipinski definition) is 7. The molecule has 0 amide bonds. The van der Waals surface area contributed by atoms with Crippen LogP contribution in [0.3, 0.4) is 0 Å². The summed E-state index contributed by atoms with van der Waals surface area (Å²) in [5.41, 5.74) is 1.09. The van der Waals surface area contributed by atoms with E-state index in [0.29, 0.717) is 42.7 Å². The van der Waals surface area contributed by atoms with Crippen molar-refractivity contribution < 1.29 is 18.3 Å². The lowest BCUT2D eigenvalue weighted by molar-refractivity contribution is 0.0393. The zero-order valence-electron chi connectivity index (χ0n) is 19.5. The molecule has 0 N–H and O–H groups in total. The Kier molecular flexibility index (Phi) is 5.89. The molecular weight excluding hydrogens is 456 g/mol. The van der Waals surface area contributed by atoms with E-state index in [1.807, 2.05) is 17.0 Å². The third-order valence-corrected chi connectivity index (χ3v) is 6.19. The van der Waals surface area contributed by atoms with Gasteiger partial charge in [0.25, 0.3) is 5.56 Å². The lowest BCUT2D eigenvalue weighted by Gasteiger charge is -2.34. The number of methoxy groups -OCH3 is 1. The van der Waals surface area contributed by atoms with E-state index in [9.17, 15) is 13.6 Å². The Morgan fingerprint density at radius 3 is 2.74 bits per heavy atom. The first-order chi connectivity index (χ1) is 16.9. The van der Waals surface area contributed by atoms with Crippen molar-refractivity contribution in [3.8, 4) is 17.1 Å². The van der Waals surface area contributed by atoms with E-state index in [1.54, 1.807) is 33.3 Å². The molecule has 0 bridgehead atoms. The van der Waals surface area contributed by atoms with Crippen molar-refractivity contribution in [3.63, 3.8) is 0 Å². The van der Waals surface area contributed by atoms with Crippen LogP contribution < -0.4 is 15.2 Å². The number of benzene rings is 1. The number of anilines is 1. The Morgan fingerprint density at radius 2 is 1.97 bits per heavy atom. The molecule has 5 rings (SSSR count). The van der Waals surface area contributed by atoms with Crippen molar-refractivity contribution in [1.29, 1.82) is 0 Å². The first-order valence-electron chi connectivity index (χ1n) is 11.1. The van der Waals surface area contributed by atoms with Crippen LogP contribution in [0.1, 0.15) is 17.5 Å². The van der Waals surface area contributed by atoms with E-state index in [4.69, 9.17) is 14.5 Å². The molecule has 8 nitrogen and oxygen atoms in total. The first-order valence-corrected chi connectivity index (χ1v) is 11.1. The van der Waals surface area contributed by atoms with Crippen LogP contribution >= 0.6 is 0 Å². The summed E-state index contributed by atoms with van der Waals surface area (Å²) in [5, 5.41) is 0.177. The van der Waals surface area contributed by atoms with Crippen molar-refractivity contribution in [3.05, 3.63) is 76.0 Å². The molecule has 1 atom stereocenters. The predicted molar refractivity (Wildman–Crippen MR) is 127 cm³/mol. The third kappa shape index (κ3) is 4.21. The molecular formula is C25H23F2N5O3. The van der Waals surface area contributed by atoms with Crippen LogP contribution in [0.2, 0.25) is 0 Å². The average molecular weight is 479 g/mol. The van der Waals surface area contributed by atoms with E-state index in [0.717, 1.165) is 17.7 Å². The molecule has 1 aromatic carbocycles. The quantitative estimate of drug-likeness (QED) is 0.443. The minimum Gasteiger partial charge on any atom is -0.481 e. The molecule has 1 fully saturated rings. The van der Waals surface area contributed by atoms with Crippen LogP contribution in [0.25, 0.3) is 22.2 Å². The summed E-state index contributed by atoms with van der Waals surface area (Å²) in [7, 11) is 3.15. The molecule has 180 valence electrons. The summed E-state index contributed by atoms with van der Waals surface area (Å²) in [5.74, 6) is -0.00375. The number of halogens is 2. The summed E-state index contributed by atoms with van der Waals surface area (Å²) in [6, 6.07) is 8.62. The van der Waals surface area contributed by atoms with E-state index >= 15 is 0 Å². The SMILES string of the molecule is COc1cc([C@@H]2CN(c3cc4nc(C)n(C)c(=O)c4c(-c4ccc(F)cc4F)n3)CCO2)ccn1. The van der Waals surface area contributed by atoms with Gasteiger partial charge >= 0.3 is 0 Å². The molecule has 4 aromatic rings. The molecule has 3 aromatic heterocycles. The Hall–Kier alpha value is -3.92. The second-order valence-electron chi connectivity index (χ2n) is 8.31. The van der Waals surface area contributed by atoms with Gasteiger partial charge in [-0.25, -0.2) is 23.7 Å². The van der Waals surface area contributed by atoms with Crippen LogP contribution in [-0.2, 0) is 11.8 Å². The van der Waals surface area contributed by atoms with Crippen LogP contribution in [0, 0.1) is 18.6 Å². The number of aryl methyl sites for hydroxylation is 1. The summed E-state index contributed by atoms with van der Waals surface area (Å²) in [6.45, 7) is 3.15. The van der Waals surface area contributed by atoms with Crippen LogP contribution in [0.15, 0.2) is 47.4 Å². The molecule has 0 aliphatic carbocycles. The number of rotatable bonds is 4. The highest BCUT2D eigenvalue weighted by atomic mass is 19.1. The standard InChI is InChI=1S/C25H23F2N5O3/c1-14-29-19-12-21(32-8-9-35-20(13-32)15-6-7-28-22(10-15)34-3)30-24(23(19)25(33)31(14)2)17-5-4-16(26)11-18(17)27/h4-7,10-12,20H,8-9,13H2,1-3H3/t20-/m0/s1. The molecule has 4 heterocycles. The monoisotopic (exact) mass is 479 g/mol. The van der Waals surface area contributed by atoms with Crippen LogP contribution in [0.4, 0.5) is 14.6 Å². The largest absolute Gasteiger partial charge is 0.481 e. The molecule has 10 heteroatoms. The molecule has 1 aliphatic heterocycles. The summed E-state index contributed by atoms with van der Waals surface area (Å²) < 4.78 is 41.1.